The van der Waals surface area contributed by atoms with E-state index in [1.807, 2.05) is 37.9 Å². The third kappa shape index (κ3) is 4.88. The van der Waals surface area contributed by atoms with Gasteiger partial charge in [0.15, 0.2) is 9.84 Å². The maximum Gasteiger partial charge on any atom is 0.239 e. The Morgan fingerprint density at radius 2 is 2.04 bits per heavy atom. The summed E-state index contributed by atoms with van der Waals surface area (Å²) in [5, 5.41) is 0.975. The normalized spacial score (nSPS) is 20.6. The molecular formula is C17H24Cl2N2O3S. The largest absolute Gasteiger partial charge is 0.338 e. The van der Waals surface area contributed by atoms with Crippen LogP contribution < -0.4 is 0 Å². The van der Waals surface area contributed by atoms with E-state index in [9.17, 15) is 13.2 Å². The molecule has 2 rings (SSSR count). The Morgan fingerprint density at radius 1 is 1.36 bits per heavy atom. The molecule has 5 nitrogen and oxygen atoms in total. The molecule has 0 N–H and O–H groups in total. The Hall–Kier alpha value is -0.820. The molecular weight excluding hydrogens is 383 g/mol. The van der Waals surface area contributed by atoms with E-state index in [2.05, 4.69) is 0 Å². The van der Waals surface area contributed by atoms with Gasteiger partial charge in [-0.1, -0.05) is 35.3 Å². The third-order valence-corrected chi connectivity index (χ3v) is 7.35. The van der Waals surface area contributed by atoms with Gasteiger partial charge in [0.2, 0.25) is 5.91 Å². The average molecular weight is 407 g/mol. The molecule has 1 heterocycles. The van der Waals surface area contributed by atoms with E-state index in [-0.39, 0.29) is 23.5 Å². The zero-order valence-corrected chi connectivity index (χ0v) is 17.0. The Morgan fingerprint density at radius 3 is 2.60 bits per heavy atom. The summed E-state index contributed by atoms with van der Waals surface area (Å²) in [6.07, 6.45) is 0.512. The van der Waals surface area contributed by atoms with Crippen molar-refractivity contribution in [2.45, 2.75) is 38.9 Å². The lowest BCUT2D eigenvalue weighted by molar-refractivity contribution is -0.137. The molecule has 1 aliphatic heterocycles. The van der Waals surface area contributed by atoms with Crippen LogP contribution in [0, 0.1) is 0 Å². The first-order valence-corrected chi connectivity index (χ1v) is 10.9. The number of amides is 1. The highest BCUT2D eigenvalue weighted by Crippen LogP contribution is 2.27. The molecule has 0 radical (unpaired) electrons. The first-order valence-electron chi connectivity index (χ1n) is 8.30. The molecule has 0 saturated carbocycles. The number of hydrogen-bond donors (Lipinski definition) is 0. The molecule has 2 atom stereocenters. The van der Waals surface area contributed by atoms with Gasteiger partial charge in [0, 0.05) is 19.1 Å². The molecule has 1 aliphatic rings. The quantitative estimate of drug-likeness (QED) is 0.728. The minimum Gasteiger partial charge on any atom is -0.338 e. The second kappa shape index (κ2) is 8.25. The molecule has 0 aliphatic carbocycles. The van der Waals surface area contributed by atoms with Crippen molar-refractivity contribution in [2.24, 2.45) is 0 Å². The number of carbonyl (C=O) groups excluding carboxylic acids is 1. The molecule has 1 fully saturated rings. The van der Waals surface area contributed by atoms with Crippen LogP contribution in [0.5, 0.6) is 0 Å². The summed E-state index contributed by atoms with van der Waals surface area (Å²) in [5.74, 6) is 0.151. The third-order valence-electron chi connectivity index (χ3n) is 4.74. The van der Waals surface area contributed by atoms with Gasteiger partial charge in [0.1, 0.15) is 0 Å². The van der Waals surface area contributed by atoms with E-state index in [1.165, 1.54) is 0 Å². The number of benzene rings is 1. The van der Waals surface area contributed by atoms with Gasteiger partial charge >= 0.3 is 0 Å². The number of rotatable bonds is 6. The Labute approximate surface area is 159 Å². The Bertz CT molecular complexity index is 739. The van der Waals surface area contributed by atoms with Gasteiger partial charge < -0.3 is 4.90 Å². The predicted molar refractivity (Wildman–Crippen MR) is 102 cm³/mol. The van der Waals surface area contributed by atoms with Gasteiger partial charge in [-0.3, -0.25) is 9.69 Å². The van der Waals surface area contributed by atoms with Crippen LogP contribution in [0.15, 0.2) is 18.2 Å². The monoisotopic (exact) mass is 406 g/mol. The highest BCUT2D eigenvalue weighted by Gasteiger charge is 2.36. The van der Waals surface area contributed by atoms with Gasteiger partial charge in [-0.25, -0.2) is 8.42 Å². The molecule has 0 bridgehead atoms. The summed E-state index contributed by atoms with van der Waals surface area (Å²) >= 11 is 12.3. The van der Waals surface area contributed by atoms with Crippen LogP contribution in [0.25, 0.3) is 0 Å². The Balaban J connectivity index is 2.08. The van der Waals surface area contributed by atoms with Crippen LogP contribution in [0.2, 0.25) is 10.0 Å². The molecule has 0 aromatic heterocycles. The first-order chi connectivity index (χ1) is 11.7. The molecule has 1 amide bonds. The smallest absolute Gasteiger partial charge is 0.239 e. The van der Waals surface area contributed by atoms with Crippen LogP contribution in [0.1, 0.15) is 25.8 Å². The molecule has 1 aromatic carbocycles. The lowest BCUT2D eigenvalue weighted by Crippen LogP contribution is -2.49. The van der Waals surface area contributed by atoms with Crippen molar-refractivity contribution in [3.05, 3.63) is 33.8 Å². The standard InChI is InChI=1S/C17H24Cl2N2O3S/c1-4-21(14-8-9-25(23,24)11-14)17(22)12(2)20(3)10-13-6-5-7-15(18)16(13)19/h5-7,12,14H,4,8-11H2,1-3H3. The summed E-state index contributed by atoms with van der Waals surface area (Å²) in [4.78, 5) is 16.5. The van der Waals surface area contributed by atoms with E-state index < -0.39 is 15.9 Å². The molecule has 8 heteroatoms. The van der Waals surface area contributed by atoms with Crippen molar-refractivity contribution in [3.8, 4) is 0 Å². The SMILES string of the molecule is CCN(C(=O)C(C)N(C)Cc1cccc(Cl)c1Cl)C1CCS(=O)(=O)C1. The van der Waals surface area contributed by atoms with Crippen LogP contribution in [0.3, 0.4) is 0 Å². The zero-order chi connectivity index (χ0) is 18.8. The van der Waals surface area contributed by atoms with Crippen molar-refractivity contribution in [1.29, 1.82) is 0 Å². The summed E-state index contributed by atoms with van der Waals surface area (Å²) in [6, 6.07) is 4.81. The lowest BCUT2D eigenvalue weighted by Gasteiger charge is -2.33. The maximum absolute atomic E-state index is 12.9. The van der Waals surface area contributed by atoms with Gasteiger partial charge in [-0.15, -0.1) is 0 Å². The molecule has 25 heavy (non-hydrogen) atoms. The van der Waals surface area contributed by atoms with Gasteiger partial charge in [-0.05, 0) is 38.9 Å². The van der Waals surface area contributed by atoms with Crippen LogP contribution in [0.4, 0.5) is 0 Å². The van der Waals surface area contributed by atoms with Gasteiger partial charge in [0.05, 0.1) is 27.6 Å². The van der Waals surface area contributed by atoms with Gasteiger partial charge in [-0.2, -0.15) is 0 Å². The fraction of sp³-hybridized carbons (Fsp3) is 0.588. The molecule has 2 unspecified atom stereocenters. The van der Waals surface area contributed by atoms with Crippen LogP contribution >= 0.6 is 23.2 Å². The predicted octanol–water partition coefficient (Wildman–Crippen LogP) is 2.85. The molecule has 140 valence electrons. The van der Waals surface area contributed by atoms with E-state index in [0.717, 1.165) is 5.56 Å². The Kier molecular flexibility index (Phi) is 6.76. The molecule has 0 spiro atoms. The minimum absolute atomic E-state index is 0.0587. The average Bonchev–Trinajstić information content (AvgIpc) is 2.91. The van der Waals surface area contributed by atoms with Crippen molar-refractivity contribution < 1.29 is 13.2 Å². The number of sulfone groups is 1. The lowest BCUT2D eigenvalue weighted by atomic mass is 10.1. The molecule has 1 saturated heterocycles. The van der Waals surface area contributed by atoms with E-state index in [1.54, 1.807) is 11.0 Å². The van der Waals surface area contributed by atoms with Crippen molar-refractivity contribution in [2.75, 3.05) is 25.1 Å². The maximum atomic E-state index is 12.9. The summed E-state index contributed by atoms with van der Waals surface area (Å²) in [7, 11) is -1.18. The first kappa shape index (κ1) is 20.5. The zero-order valence-electron chi connectivity index (χ0n) is 14.7. The second-order valence-electron chi connectivity index (χ2n) is 6.49. The second-order valence-corrected chi connectivity index (χ2v) is 9.50. The number of hydrogen-bond acceptors (Lipinski definition) is 4. The number of halogens is 2. The van der Waals surface area contributed by atoms with E-state index in [0.29, 0.717) is 29.6 Å². The fourth-order valence-corrected chi connectivity index (χ4v) is 5.23. The number of likely N-dealkylation sites (N-methyl/N-ethyl adjacent to an activating group) is 2. The van der Waals surface area contributed by atoms with Crippen LogP contribution in [-0.4, -0.2) is 61.3 Å². The number of carbonyl (C=O) groups is 1. The number of nitrogens with zero attached hydrogens (tertiary/aromatic N) is 2. The minimum atomic E-state index is -3.03. The van der Waals surface area contributed by atoms with Crippen molar-refractivity contribution in [1.82, 2.24) is 9.80 Å². The summed E-state index contributed by atoms with van der Waals surface area (Å²) in [6.45, 7) is 4.68. The van der Waals surface area contributed by atoms with E-state index in [4.69, 9.17) is 23.2 Å². The van der Waals surface area contributed by atoms with Crippen molar-refractivity contribution in [3.63, 3.8) is 0 Å². The van der Waals surface area contributed by atoms with Crippen molar-refractivity contribution >= 4 is 38.9 Å². The molecule has 1 aromatic rings. The summed E-state index contributed by atoms with van der Waals surface area (Å²) in [5.41, 5.74) is 0.850. The highest BCUT2D eigenvalue weighted by atomic mass is 35.5. The summed E-state index contributed by atoms with van der Waals surface area (Å²) < 4.78 is 23.4. The highest BCUT2D eigenvalue weighted by molar-refractivity contribution is 7.91. The fourth-order valence-electron chi connectivity index (χ4n) is 3.12. The van der Waals surface area contributed by atoms with E-state index >= 15 is 0 Å². The van der Waals surface area contributed by atoms with Crippen LogP contribution in [-0.2, 0) is 21.2 Å². The van der Waals surface area contributed by atoms with Gasteiger partial charge in [0.25, 0.3) is 0 Å². The topological polar surface area (TPSA) is 57.7 Å².